The maximum absolute atomic E-state index is 12.7. The summed E-state index contributed by atoms with van der Waals surface area (Å²) in [6.07, 6.45) is 3.82. The van der Waals surface area contributed by atoms with Gasteiger partial charge in [-0.05, 0) is 43.7 Å². The molecule has 0 radical (unpaired) electrons. The number of benzene rings is 1. The van der Waals surface area contributed by atoms with Crippen LogP contribution in [0.15, 0.2) is 30.5 Å². The van der Waals surface area contributed by atoms with E-state index in [0.717, 1.165) is 23.4 Å². The van der Waals surface area contributed by atoms with Crippen molar-refractivity contribution in [2.75, 3.05) is 6.54 Å². The monoisotopic (exact) mass is 236 g/mol. The van der Waals surface area contributed by atoms with Gasteiger partial charge in [0.05, 0.1) is 0 Å². The van der Waals surface area contributed by atoms with E-state index in [1.54, 1.807) is 23.5 Å². The first-order chi connectivity index (χ1) is 7.79. The topological polar surface area (TPSA) is 38.9 Å². The van der Waals surface area contributed by atoms with Crippen LogP contribution < -0.4 is 5.73 Å². The molecule has 1 aromatic heterocycles. The summed E-state index contributed by atoms with van der Waals surface area (Å²) in [6, 6.07) is 6.41. The van der Waals surface area contributed by atoms with Gasteiger partial charge < -0.3 is 5.73 Å². The van der Waals surface area contributed by atoms with E-state index in [9.17, 15) is 4.39 Å². The highest BCUT2D eigenvalue weighted by Gasteiger charge is 2.04. The number of aryl methyl sites for hydroxylation is 1. The maximum atomic E-state index is 12.7. The van der Waals surface area contributed by atoms with Gasteiger partial charge in [0.2, 0.25) is 0 Å². The Balaban J connectivity index is 2.15. The minimum Gasteiger partial charge on any atom is -0.330 e. The minimum absolute atomic E-state index is 0.219. The van der Waals surface area contributed by atoms with Gasteiger partial charge in [-0.25, -0.2) is 9.37 Å². The number of thiazole rings is 1. The summed E-state index contributed by atoms with van der Waals surface area (Å²) in [4.78, 5) is 5.55. The van der Waals surface area contributed by atoms with Crippen LogP contribution >= 0.6 is 11.3 Å². The molecule has 16 heavy (non-hydrogen) atoms. The van der Waals surface area contributed by atoms with Crippen LogP contribution in [0.5, 0.6) is 0 Å². The van der Waals surface area contributed by atoms with Crippen molar-refractivity contribution in [3.8, 4) is 10.6 Å². The molecule has 2 rings (SSSR count). The highest BCUT2D eigenvalue weighted by Crippen LogP contribution is 2.25. The van der Waals surface area contributed by atoms with E-state index in [4.69, 9.17) is 5.73 Å². The number of hydrogen-bond donors (Lipinski definition) is 1. The first-order valence-electron chi connectivity index (χ1n) is 5.20. The molecule has 0 saturated heterocycles. The number of halogens is 1. The summed E-state index contributed by atoms with van der Waals surface area (Å²) in [7, 11) is 0. The third kappa shape index (κ3) is 2.65. The van der Waals surface area contributed by atoms with E-state index in [-0.39, 0.29) is 5.82 Å². The van der Waals surface area contributed by atoms with Crippen LogP contribution in [0.25, 0.3) is 10.6 Å². The highest BCUT2D eigenvalue weighted by atomic mass is 32.1. The van der Waals surface area contributed by atoms with E-state index >= 15 is 0 Å². The molecule has 1 heterocycles. The quantitative estimate of drug-likeness (QED) is 0.886. The number of rotatable bonds is 4. The average Bonchev–Trinajstić information content (AvgIpc) is 2.76. The molecule has 0 spiro atoms. The molecule has 0 bridgehead atoms. The minimum atomic E-state index is -0.219. The van der Waals surface area contributed by atoms with Crippen molar-refractivity contribution in [1.29, 1.82) is 0 Å². The fourth-order valence-corrected chi connectivity index (χ4v) is 2.38. The molecule has 84 valence electrons. The van der Waals surface area contributed by atoms with Crippen LogP contribution in [0, 0.1) is 5.82 Å². The van der Waals surface area contributed by atoms with Crippen molar-refractivity contribution in [3.05, 3.63) is 41.2 Å². The van der Waals surface area contributed by atoms with Crippen molar-refractivity contribution in [2.45, 2.75) is 12.8 Å². The van der Waals surface area contributed by atoms with Gasteiger partial charge in [-0.1, -0.05) is 0 Å². The SMILES string of the molecule is NCCCc1cnc(-c2ccc(F)cc2)s1. The van der Waals surface area contributed by atoms with Crippen molar-refractivity contribution in [2.24, 2.45) is 5.73 Å². The van der Waals surface area contributed by atoms with Crippen molar-refractivity contribution in [3.63, 3.8) is 0 Å². The normalized spacial score (nSPS) is 10.6. The lowest BCUT2D eigenvalue weighted by Crippen LogP contribution is -1.99. The Morgan fingerprint density at radius 2 is 2.00 bits per heavy atom. The van der Waals surface area contributed by atoms with Crippen molar-refractivity contribution in [1.82, 2.24) is 4.98 Å². The Hall–Kier alpha value is -1.26. The van der Waals surface area contributed by atoms with Gasteiger partial charge >= 0.3 is 0 Å². The van der Waals surface area contributed by atoms with Crippen LogP contribution in [0.3, 0.4) is 0 Å². The maximum Gasteiger partial charge on any atom is 0.123 e. The smallest absolute Gasteiger partial charge is 0.123 e. The zero-order chi connectivity index (χ0) is 11.4. The summed E-state index contributed by atoms with van der Waals surface area (Å²) in [5, 5.41) is 0.937. The molecule has 2 aromatic rings. The lowest BCUT2D eigenvalue weighted by Gasteiger charge is -1.95. The lowest BCUT2D eigenvalue weighted by atomic mass is 10.2. The number of hydrogen-bond acceptors (Lipinski definition) is 3. The molecule has 0 aliphatic heterocycles. The molecule has 0 aliphatic carbocycles. The van der Waals surface area contributed by atoms with Gasteiger partial charge in [0.25, 0.3) is 0 Å². The number of aromatic nitrogens is 1. The Morgan fingerprint density at radius 3 is 2.69 bits per heavy atom. The first-order valence-corrected chi connectivity index (χ1v) is 6.02. The first kappa shape index (κ1) is 11.2. The third-order valence-corrected chi connectivity index (χ3v) is 3.38. The molecule has 0 unspecified atom stereocenters. The number of nitrogens with two attached hydrogens (primary N) is 1. The van der Waals surface area contributed by atoms with Gasteiger partial charge in [-0.3, -0.25) is 0 Å². The Labute approximate surface area is 97.9 Å². The molecule has 0 aliphatic rings. The fraction of sp³-hybridized carbons (Fsp3) is 0.250. The van der Waals surface area contributed by atoms with Gasteiger partial charge in [0.1, 0.15) is 10.8 Å². The largest absolute Gasteiger partial charge is 0.330 e. The van der Waals surface area contributed by atoms with E-state index in [1.807, 2.05) is 6.20 Å². The van der Waals surface area contributed by atoms with Crippen LogP contribution in [0.1, 0.15) is 11.3 Å². The molecule has 0 fully saturated rings. The molecule has 2 N–H and O–H groups in total. The second kappa shape index (κ2) is 5.18. The Bertz CT molecular complexity index is 450. The molecule has 0 saturated carbocycles. The standard InChI is InChI=1S/C12H13FN2S/c13-10-5-3-9(4-6-10)12-15-8-11(16-12)2-1-7-14/h3-6,8H,1-2,7,14H2. The predicted molar refractivity (Wildman–Crippen MR) is 64.9 cm³/mol. The predicted octanol–water partition coefficient (Wildman–Crippen LogP) is 2.84. The highest BCUT2D eigenvalue weighted by molar-refractivity contribution is 7.15. The fourth-order valence-electron chi connectivity index (χ4n) is 1.43. The van der Waals surface area contributed by atoms with E-state index in [2.05, 4.69) is 4.98 Å². The van der Waals surface area contributed by atoms with Crippen LogP contribution in [0.4, 0.5) is 4.39 Å². The summed E-state index contributed by atoms with van der Waals surface area (Å²) < 4.78 is 12.7. The molecule has 4 heteroatoms. The van der Waals surface area contributed by atoms with Crippen molar-refractivity contribution < 1.29 is 4.39 Å². The molecule has 2 nitrogen and oxygen atoms in total. The molecule has 1 aromatic carbocycles. The van der Waals surface area contributed by atoms with Crippen LogP contribution in [-0.2, 0) is 6.42 Å². The summed E-state index contributed by atoms with van der Waals surface area (Å²) in [5.74, 6) is -0.219. The van der Waals surface area contributed by atoms with Gasteiger partial charge in [-0.15, -0.1) is 11.3 Å². The van der Waals surface area contributed by atoms with E-state index in [1.165, 1.54) is 17.0 Å². The zero-order valence-corrected chi connectivity index (χ0v) is 9.64. The second-order valence-electron chi connectivity index (χ2n) is 3.53. The van der Waals surface area contributed by atoms with Crippen molar-refractivity contribution >= 4 is 11.3 Å². The van der Waals surface area contributed by atoms with Crippen LogP contribution in [-0.4, -0.2) is 11.5 Å². The second-order valence-corrected chi connectivity index (χ2v) is 4.65. The van der Waals surface area contributed by atoms with E-state index in [0.29, 0.717) is 6.54 Å². The van der Waals surface area contributed by atoms with Gasteiger partial charge in [-0.2, -0.15) is 0 Å². The van der Waals surface area contributed by atoms with E-state index < -0.39 is 0 Å². The number of nitrogens with zero attached hydrogens (tertiary/aromatic N) is 1. The van der Waals surface area contributed by atoms with Gasteiger partial charge in [0.15, 0.2) is 0 Å². The molecular formula is C12H13FN2S. The Kier molecular flexibility index (Phi) is 3.64. The average molecular weight is 236 g/mol. The lowest BCUT2D eigenvalue weighted by molar-refractivity contribution is 0.628. The third-order valence-electron chi connectivity index (χ3n) is 2.27. The zero-order valence-electron chi connectivity index (χ0n) is 8.82. The summed E-state index contributed by atoms with van der Waals surface area (Å²) in [5.41, 5.74) is 6.42. The summed E-state index contributed by atoms with van der Waals surface area (Å²) >= 11 is 1.64. The molecule has 0 atom stereocenters. The van der Waals surface area contributed by atoms with Crippen LogP contribution in [0.2, 0.25) is 0 Å². The summed E-state index contributed by atoms with van der Waals surface area (Å²) in [6.45, 7) is 0.698. The molecule has 0 amide bonds. The van der Waals surface area contributed by atoms with Gasteiger partial charge in [0, 0.05) is 16.6 Å². The molecular weight excluding hydrogens is 223 g/mol. The Morgan fingerprint density at radius 1 is 1.25 bits per heavy atom.